The molecule has 1 aliphatic heterocycles. The molecule has 0 saturated heterocycles. The Bertz CT molecular complexity index is 1320. The molecular formula is C23H20F4N6. The maximum Gasteiger partial charge on any atom is 0.433 e. The van der Waals surface area contributed by atoms with Crippen molar-refractivity contribution in [2.75, 3.05) is 6.54 Å². The van der Waals surface area contributed by atoms with Crippen LogP contribution in [0, 0.1) is 5.82 Å². The fraction of sp³-hybridized carbons (Fsp3) is 0.261. The third kappa shape index (κ3) is 3.91. The fourth-order valence-corrected chi connectivity index (χ4v) is 4.20. The first kappa shape index (κ1) is 21.3. The molecule has 4 heterocycles. The van der Waals surface area contributed by atoms with E-state index in [1.165, 1.54) is 18.2 Å². The quantitative estimate of drug-likeness (QED) is 0.448. The van der Waals surface area contributed by atoms with Crippen molar-refractivity contribution < 1.29 is 17.6 Å². The summed E-state index contributed by atoms with van der Waals surface area (Å²) >= 11 is 0. The molecule has 4 aromatic rings. The number of nitrogens with two attached hydrogens (primary N) is 1. The number of halogens is 4. The van der Waals surface area contributed by atoms with E-state index in [-0.39, 0.29) is 5.69 Å². The van der Waals surface area contributed by atoms with Gasteiger partial charge in [-0.15, -0.1) is 0 Å². The van der Waals surface area contributed by atoms with Gasteiger partial charge in [0.2, 0.25) is 0 Å². The lowest BCUT2D eigenvalue weighted by atomic mass is 9.96. The van der Waals surface area contributed by atoms with E-state index in [0.29, 0.717) is 47.6 Å². The largest absolute Gasteiger partial charge is 0.433 e. The maximum absolute atomic E-state index is 14.8. The van der Waals surface area contributed by atoms with Gasteiger partial charge in [-0.3, -0.25) is 9.36 Å². The second-order valence-corrected chi connectivity index (χ2v) is 7.88. The Morgan fingerprint density at radius 1 is 1.09 bits per heavy atom. The summed E-state index contributed by atoms with van der Waals surface area (Å²) in [5.41, 5.74) is 8.24. The lowest BCUT2D eigenvalue weighted by Crippen LogP contribution is -2.09. The molecule has 6 nitrogen and oxygen atoms in total. The number of nitrogens with zero attached hydrogens (tertiary/aromatic N) is 5. The molecule has 33 heavy (non-hydrogen) atoms. The average molecular weight is 456 g/mol. The van der Waals surface area contributed by atoms with E-state index in [1.54, 1.807) is 33.9 Å². The fourth-order valence-electron chi connectivity index (χ4n) is 4.20. The predicted molar refractivity (Wildman–Crippen MR) is 114 cm³/mol. The summed E-state index contributed by atoms with van der Waals surface area (Å²) in [4.78, 5) is 3.84. The van der Waals surface area contributed by atoms with Crippen molar-refractivity contribution in [2.24, 2.45) is 5.73 Å². The number of aryl methyl sites for hydroxylation is 1. The summed E-state index contributed by atoms with van der Waals surface area (Å²) in [6.45, 7) is 1.57. The zero-order chi connectivity index (χ0) is 23.2. The van der Waals surface area contributed by atoms with Crippen LogP contribution in [-0.4, -0.2) is 31.1 Å². The van der Waals surface area contributed by atoms with E-state index in [2.05, 4.69) is 15.2 Å². The van der Waals surface area contributed by atoms with Crippen LogP contribution in [0.15, 0.2) is 48.8 Å². The minimum Gasteiger partial charge on any atom is -0.329 e. The topological polar surface area (TPSA) is 74.6 Å². The zero-order valence-electron chi connectivity index (χ0n) is 17.5. The lowest BCUT2D eigenvalue weighted by Gasteiger charge is -2.10. The number of benzene rings is 1. The first-order valence-electron chi connectivity index (χ1n) is 10.5. The number of aromatic nitrogens is 5. The monoisotopic (exact) mass is 456 g/mol. The molecule has 3 aromatic heterocycles. The summed E-state index contributed by atoms with van der Waals surface area (Å²) in [5, 5.41) is 8.79. The molecule has 0 saturated carbocycles. The summed E-state index contributed by atoms with van der Waals surface area (Å²) in [6, 6.07) is 8.43. The van der Waals surface area contributed by atoms with Gasteiger partial charge in [-0.1, -0.05) is 12.1 Å². The molecule has 1 aromatic carbocycles. The van der Waals surface area contributed by atoms with Gasteiger partial charge in [-0.2, -0.15) is 23.4 Å². The second kappa shape index (κ2) is 8.11. The highest BCUT2D eigenvalue weighted by atomic mass is 19.4. The van der Waals surface area contributed by atoms with Crippen molar-refractivity contribution in [3.05, 3.63) is 66.0 Å². The Balaban J connectivity index is 1.65. The molecule has 0 fully saturated rings. The lowest BCUT2D eigenvalue weighted by molar-refractivity contribution is -0.141. The molecule has 1 aliphatic rings. The SMILES string of the molecule is NCCn1cc(-c2cc(-c3c(-c4cccc(C(F)(F)F)n4)nn4c3CCC4)ccc2F)cn1. The Kier molecular flexibility index (Phi) is 5.24. The Morgan fingerprint density at radius 3 is 2.73 bits per heavy atom. The molecule has 0 radical (unpaired) electrons. The normalized spacial score (nSPS) is 13.5. The maximum atomic E-state index is 14.8. The number of hydrogen-bond acceptors (Lipinski definition) is 4. The van der Waals surface area contributed by atoms with E-state index in [1.807, 2.05) is 0 Å². The van der Waals surface area contributed by atoms with E-state index in [9.17, 15) is 17.6 Å². The molecule has 0 amide bonds. The van der Waals surface area contributed by atoms with Crippen LogP contribution in [-0.2, 0) is 25.7 Å². The molecule has 5 rings (SSSR count). The van der Waals surface area contributed by atoms with Crippen molar-refractivity contribution in [3.8, 4) is 33.6 Å². The summed E-state index contributed by atoms with van der Waals surface area (Å²) in [7, 11) is 0. The van der Waals surface area contributed by atoms with Crippen LogP contribution in [0.5, 0.6) is 0 Å². The Hall–Kier alpha value is -3.53. The summed E-state index contributed by atoms with van der Waals surface area (Å²) in [5.74, 6) is -0.423. The van der Waals surface area contributed by atoms with Crippen LogP contribution in [0.2, 0.25) is 0 Å². The minimum absolute atomic E-state index is 0.128. The first-order valence-corrected chi connectivity index (χ1v) is 10.5. The second-order valence-electron chi connectivity index (χ2n) is 7.88. The van der Waals surface area contributed by atoms with Gasteiger partial charge in [0, 0.05) is 41.7 Å². The van der Waals surface area contributed by atoms with Crippen LogP contribution in [0.3, 0.4) is 0 Å². The number of pyridine rings is 1. The standard InChI is InChI=1S/C23H20F4N6/c24-17-7-6-14(11-16(17)15-12-29-32(13-15)10-8-28)21-19-4-2-9-33(19)31-22(21)18-3-1-5-20(30-18)23(25,26)27/h1,3,5-7,11-13H,2,4,8-10,28H2. The van der Waals surface area contributed by atoms with Crippen molar-refractivity contribution in [2.45, 2.75) is 32.1 Å². The van der Waals surface area contributed by atoms with Crippen molar-refractivity contribution >= 4 is 0 Å². The Labute approximate surface area is 186 Å². The van der Waals surface area contributed by atoms with Crippen LogP contribution >= 0.6 is 0 Å². The molecule has 10 heteroatoms. The van der Waals surface area contributed by atoms with Gasteiger partial charge in [-0.05, 0) is 42.7 Å². The van der Waals surface area contributed by atoms with Crippen molar-refractivity contribution in [1.82, 2.24) is 24.5 Å². The van der Waals surface area contributed by atoms with E-state index < -0.39 is 17.7 Å². The number of rotatable bonds is 5. The molecule has 170 valence electrons. The highest BCUT2D eigenvalue weighted by Crippen LogP contribution is 2.39. The van der Waals surface area contributed by atoms with Gasteiger partial charge in [0.15, 0.2) is 0 Å². The van der Waals surface area contributed by atoms with Gasteiger partial charge >= 0.3 is 6.18 Å². The van der Waals surface area contributed by atoms with Crippen LogP contribution in [0.4, 0.5) is 17.6 Å². The molecule has 0 spiro atoms. The summed E-state index contributed by atoms with van der Waals surface area (Å²) in [6.07, 6.45) is 0.321. The van der Waals surface area contributed by atoms with Crippen LogP contribution < -0.4 is 5.73 Å². The highest BCUT2D eigenvalue weighted by Gasteiger charge is 2.33. The van der Waals surface area contributed by atoms with Gasteiger partial charge < -0.3 is 5.73 Å². The number of fused-ring (bicyclic) bond motifs is 1. The van der Waals surface area contributed by atoms with Crippen LogP contribution in [0.1, 0.15) is 17.8 Å². The zero-order valence-corrected chi connectivity index (χ0v) is 17.5. The predicted octanol–water partition coefficient (Wildman–Crippen LogP) is 4.54. The third-order valence-corrected chi connectivity index (χ3v) is 5.68. The number of hydrogen-bond donors (Lipinski definition) is 1. The van der Waals surface area contributed by atoms with Gasteiger partial charge in [0.1, 0.15) is 17.2 Å². The van der Waals surface area contributed by atoms with Gasteiger partial charge in [0.05, 0.1) is 18.4 Å². The summed E-state index contributed by atoms with van der Waals surface area (Å²) < 4.78 is 58.0. The highest BCUT2D eigenvalue weighted by molar-refractivity contribution is 5.84. The van der Waals surface area contributed by atoms with Gasteiger partial charge in [0.25, 0.3) is 0 Å². The molecule has 0 aliphatic carbocycles. The minimum atomic E-state index is -4.56. The molecular weight excluding hydrogens is 436 g/mol. The van der Waals surface area contributed by atoms with Crippen molar-refractivity contribution in [3.63, 3.8) is 0 Å². The molecule has 2 N–H and O–H groups in total. The van der Waals surface area contributed by atoms with Gasteiger partial charge in [-0.25, -0.2) is 9.37 Å². The van der Waals surface area contributed by atoms with Crippen molar-refractivity contribution in [1.29, 1.82) is 0 Å². The van der Waals surface area contributed by atoms with E-state index in [0.717, 1.165) is 24.6 Å². The molecule has 0 atom stereocenters. The average Bonchev–Trinajstić information content (AvgIpc) is 3.50. The Morgan fingerprint density at radius 2 is 1.94 bits per heavy atom. The van der Waals surface area contributed by atoms with E-state index in [4.69, 9.17) is 5.73 Å². The smallest absolute Gasteiger partial charge is 0.329 e. The third-order valence-electron chi connectivity index (χ3n) is 5.68. The van der Waals surface area contributed by atoms with Crippen LogP contribution in [0.25, 0.3) is 33.6 Å². The number of alkyl halides is 3. The van der Waals surface area contributed by atoms with E-state index >= 15 is 0 Å². The molecule has 0 unspecified atom stereocenters. The first-order chi connectivity index (χ1) is 15.8. The molecule has 0 bridgehead atoms.